The molecule has 3 rings (SSSR count). The standard InChI is InChI=1S/C18H14N2O5/c1-24-18(23)12-7-2-4-8-13(12)19-17(22)16-10-14(20-25-16)11-6-3-5-9-15(11)21/h2-10,21H,1H3,(H,19,22). The number of aromatic hydroxyl groups is 1. The summed E-state index contributed by atoms with van der Waals surface area (Å²) in [6.45, 7) is 0. The molecule has 2 N–H and O–H groups in total. The highest BCUT2D eigenvalue weighted by molar-refractivity contribution is 6.07. The number of amides is 1. The maximum Gasteiger partial charge on any atom is 0.339 e. The summed E-state index contributed by atoms with van der Waals surface area (Å²) in [6, 6.07) is 14.4. The molecule has 1 aromatic heterocycles. The number of aromatic nitrogens is 1. The fourth-order valence-electron chi connectivity index (χ4n) is 2.26. The first kappa shape index (κ1) is 16.3. The predicted molar refractivity (Wildman–Crippen MR) is 89.3 cm³/mol. The van der Waals surface area contributed by atoms with Gasteiger partial charge in [0.05, 0.1) is 18.4 Å². The summed E-state index contributed by atoms with van der Waals surface area (Å²) >= 11 is 0. The minimum Gasteiger partial charge on any atom is -0.507 e. The number of hydrogen-bond acceptors (Lipinski definition) is 6. The molecule has 0 fully saturated rings. The van der Waals surface area contributed by atoms with Crippen LogP contribution in [0.4, 0.5) is 5.69 Å². The van der Waals surface area contributed by atoms with Crippen LogP contribution in [0.1, 0.15) is 20.9 Å². The first-order chi connectivity index (χ1) is 12.1. The van der Waals surface area contributed by atoms with Crippen molar-refractivity contribution in [1.82, 2.24) is 5.16 Å². The van der Waals surface area contributed by atoms with Crippen molar-refractivity contribution in [2.24, 2.45) is 0 Å². The lowest BCUT2D eigenvalue weighted by molar-refractivity contribution is 0.0602. The fraction of sp³-hybridized carbons (Fsp3) is 0.0556. The molecule has 3 aromatic rings. The maximum absolute atomic E-state index is 12.3. The molecule has 7 heteroatoms. The minimum atomic E-state index is -0.578. The molecule has 0 radical (unpaired) electrons. The van der Waals surface area contributed by atoms with Crippen LogP contribution in [0.25, 0.3) is 11.3 Å². The van der Waals surface area contributed by atoms with Crippen molar-refractivity contribution < 1.29 is 24.0 Å². The molecule has 0 saturated carbocycles. The van der Waals surface area contributed by atoms with E-state index in [2.05, 4.69) is 15.2 Å². The van der Waals surface area contributed by atoms with Gasteiger partial charge >= 0.3 is 5.97 Å². The predicted octanol–water partition coefficient (Wildman–Crippen LogP) is 3.09. The number of anilines is 1. The zero-order chi connectivity index (χ0) is 17.8. The lowest BCUT2D eigenvalue weighted by Crippen LogP contribution is -2.14. The number of phenols is 1. The second-order valence-corrected chi connectivity index (χ2v) is 5.08. The van der Waals surface area contributed by atoms with Crippen LogP contribution in [0, 0.1) is 0 Å². The van der Waals surface area contributed by atoms with Gasteiger partial charge in [-0.2, -0.15) is 0 Å². The van der Waals surface area contributed by atoms with Gasteiger partial charge in [-0.05, 0) is 24.3 Å². The number of hydrogen-bond donors (Lipinski definition) is 2. The van der Waals surface area contributed by atoms with Crippen LogP contribution in [0.2, 0.25) is 0 Å². The van der Waals surface area contributed by atoms with Crippen LogP contribution in [-0.4, -0.2) is 29.2 Å². The normalized spacial score (nSPS) is 10.3. The zero-order valence-corrected chi connectivity index (χ0v) is 13.2. The first-order valence-corrected chi connectivity index (χ1v) is 7.34. The summed E-state index contributed by atoms with van der Waals surface area (Å²) < 4.78 is 9.73. The summed E-state index contributed by atoms with van der Waals surface area (Å²) in [6.07, 6.45) is 0. The van der Waals surface area contributed by atoms with Gasteiger partial charge in [0.1, 0.15) is 11.4 Å². The van der Waals surface area contributed by atoms with Crippen LogP contribution in [-0.2, 0) is 4.74 Å². The molecule has 0 unspecified atom stereocenters. The highest BCUT2D eigenvalue weighted by Gasteiger charge is 2.18. The largest absolute Gasteiger partial charge is 0.507 e. The Balaban J connectivity index is 1.84. The summed E-state index contributed by atoms with van der Waals surface area (Å²) in [5.41, 5.74) is 1.28. The number of carbonyl (C=O) groups excluding carboxylic acids is 2. The van der Waals surface area contributed by atoms with E-state index in [-0.39, 0.29) is 17.1 Å². The van der Waals surface area contributed by atoms with Crippen molar-refractivity contribution in [3.63, 3.8) is 0 Å². The molecule has 0 atom stereocenters. The number of nitrogens with zero attached hydrogens (tertiary/aromatic N) is 1. The Kier molecular flexibility index (Phi) is 4.47. The Morgan fingerprint density at radius 2 is 1.84 bits per heavy atom. The van der Waals surface area contributed by atoms with Gasteiger partial charge in [0.2, 0.25) is 5.76 Å². The van der Waals surface area contributed by atoms with Gasteiger partial charge < -0.3 is 19.7 Å². The quantitative estimate of drug-likeness (QED) is 0.709. The number of benzene rings is 2. The number of methoxy groups -OCH3 is 1. The van der Waals surface area contributed by atoms with Gasteiger partial charge in [-0.15, -0.1) is 0 Å². The molecule has 0 bridgehead atoms. The lowest BCUT2D eigenvalue weighted by atomic mass is 10.1. The van der Waals surface area contributed by atoms with Gasteiger partial charge in [-0.1, -0.05) is 29.4 Å². The molecule has 0 aliphatic carbocycles. The molecule has 0 saturated heterocycles. The summed E-state index contributed by atoms with van der Waals surface area (Å²) in [7, 11) is 1.26. The van der Waals surface area contributed by atoms with E-state index in [0.717, 1.165) is 0 Å². The average Bonchev–Trinajstić information content (AvgIpc) is 3.12. The van der Waals surface area contributed by atoms with Gasteiger partial charge in [0.15, 0.2) is 0 Å². The Hall–Kier alpha value is -3.61. The second kappa shape index (κ2) is 6.88. The number of nitrogens with one attached hydrogen (secondary N) is 1. The third-order valence-corrected chi connectivity index (χ3v) is 3.49. The summed E-state index contributed by atoms with van der Waals surface area (Å²) in [5, 5.41) is 16.2. The smallest absolute Gasteiger partial charge is 0.339 e. The second-order valence-electron chi connectivity index (χ2n) is 5.08. The van der Waals surface area contributed by atoms with Crippen LogP contribution in [0.3, 0.4) is 0 Å². The molecular formula is C18H14N2O5. The molecule has 1 heterocycles. The Morgan fingerprint density at radius 3 is 2.60 bits per heavy atom. The molecular weight excluding hydrogens is 324 g/mol. The minimum absolute atomic E-state index is 0.0267. The first-order valence-electron chi connectivity index (χ1n) is 7.34. The highest BCUT2D eigenvalue weighted by Crippen LogP contribution is 2.28. The van der Waals surface area contributed by atoms with E-state index in [1.165, 1.54) is 25.3 Å². The van der Waals surface area contributed by atoms with Crippen molar-refractivity contribution >= 4 is 17.6 Å². The lowest BCUT2D eigenvalue weighted by Gasteiger charge is -2.07. The van der Waals surface area contributed by atoms with E-state index in [0.29, 0.717) is 16.9 Å². The fourth-order valence-corrected chi connectivity index (χ4v) is 2.26. The van der Waals surface area contributed by atoms with Crippen molar-refractivity contribution in [3.05, 3.63) is 65.9 Å². The van der Waals surface area contributed by atoms with Crippen LogP contribution in [0.15, 0.2) is 59.1 Å². The SMILES string of the molecule is COC(=O)c1ccccc1NC(=O)c1cc(-c2ccccc2O)no1. The van der Waals surface area contributed by atoms with Crippen molar-refractivity contribution in [1.29, 1.82) is 0 Å². The number of phenolic OH excluding ortho intramolecular Hbond substituents is 1. The van der Waals surface area contributed by atoms with E-state index in [9.17, 15) is 14.7 Å². The monoisotopic (exact) mass is 338 g/mol. The van der Waals surface area contributed by atoms with Crippen molar-refractivity contribution in [2.45, 2.75) is 0 Å². The van der Waals surface area contributed by atoms with Gasteiger partial charge in [-0.25, -0.2) is 4.79 Å². The average molecular weight is 338 g/mol. The van der Waals surface area contributed by atoms with E-state index in [1.54, 1.807) is 36.4 Å². The molecule has 2 aromatic carbocycles. The Labute approximate surface area is 142 Å². The van der Waals surface area contributed by atoms with E-state index < -0.39 is 11.9 Å². The molecule has 0 aliphatic heterocycles. The Morgan fingerprint density at radius 1 is 1.12 bits per heavy atom. The van der Waals surface area contributed by atoms with Crippen LogP contribution in [0.5, 0.6) is 5.75 Å². The van der Waals surface area contributed by atoms with E-state index in [4.69, 9.17) is 4.52 Å². The maximum atomic E-state index is 12.3. The topological polar surface area (TPSA) is 102 Å². The molecule has 7 nitrogen and oxygen atoms in total. The van der Waals surface area contributed by atoms with Crippen molar-refractivity contribution in [3.8, 4) is 17.0 Å². The van der Waals surface area contributed by atoms with Crippen LogP contribution >= 0.6 is 0 Å². The summed E-state index contributed by atoms with van der Waals surface area (Å²) in [4.78, 5) is 24.1. The van der Waals surface area contributed by atoms with E-state index >= 15 is 0 Å². The van der Waals surface area contributed by atoms with Gasteiger partial charge in [0, 0.05) is 11.6 Å². The number of ether oxygens (including phenoxy) is 1. The molecule has 1 amide bonds. The van der Waals surface area contributed by atoms with E-state index in [1.807, 2.05) is 0 Å². The summed E-state index contributed by atoms with van der Waals surface area (Å²) in [5.74, 6) is -1.18. The molecule has 25 heavy (non-hydrogen) atoms. The number of esters is 1. The molecule has 0 aliphatic rings. The number of para-hydroxylation sites is 2. The van der Waals surface area contributed by atoms with Crippen LogP contribution < -0.4 is 5.32 Å². The third-order valence-electron chi connectivity index (χ3n) is 3.49. The van der Waals surface area contributed by atoms with Crippen molar-refractivity contribution in [2.75, 3.05) is 12.4 Å². The molecule has 126 valence electrons. The Bertz CT molecular complexity index is 932. The van der Waals surface area contributed by atoms with Gasteiger partial charge in [0.25, 0.3) is 5.91 Å². The highest BCUT2D eigenvalue weighted by atomic mass is 16.5. The number of carbonyl (C=O) groups is 2. The number of rotatable bonds is 4. The molecule has 0 spiro atoms. The zero-order valence-electron chi connectivity index (χ0n) is 13.2. The third kappa shape index (κ3) is 3.35. The van der Waals surface area contributed by atoms with Gasteiger partial charge in [-0.3, -0.25) is 4.79 Å².